The van der Waals surface area contributed by atoms with Crippen LogP contribution in [0, 0.1) is 0 Å². The van der Waals surface area contributed by atoms with Gasteiger partial charge in [-0.15, -0.1) is 0 Å². The van der Waals surface area contributed by atoms with Crippen molar-refractivity contribution in [2.24, 2.45) is 0 Å². The molecule has 0 saturated carbocycles. The molecule has 0 bridgehead atoms. The van der Waals surface area contributed by atoms with E-state index in [1.165, 1.54) is 6.33 Å². The zero-order chi connectivity index (χ0) is 19.7. The summed E-state index contributed by atoms with van der Waals surface area (Å²) in [6, 6.07) is 10.8. The van der Waals surface area contributed by atoms with Gasteiger partial charge in [-0.25, -0.2) is 19.6 Å². The largest absolute Gasteiger partial charge is 0.383 e. The number of halogens is 2. The van der Waals surface area contributed by atoms with Crippen LogP contribution in [-0.4, -0.2) is 30.5 Å². The van der Waals surface area contributed by atoms with Crippen molar-refractivity contribution in [2.75, 3.05) is 5.73 Å². The summed E-state index contributed by atoms with van der Waals surface area (Å²) in [4.78, 5) is 24.6. The molecule has 0 saturated heterocycles. The molecule has 4 aromatic rings. The van der Waals surface area contributed by atoms with Crippen LogP contribution in [0.4, 0.5) is 5.82 Å². The highest BCUT2D eigenvalue weighted by atomic mass is 35.5. The first kappa shape index (κ1) is 18.3. The third kappa shape index (κ3) is 3.81. The van der Waals surface area contributed by atoms with Gasteiger partial charge < -0.3 is 5.73 Å². The van der Waals surface area contributed by atoms with Crippen LogP contribution >= 0.6 is 23.2 Å². The van der Waals surface area contributed by atoms with Crippen LogP contribution in [0.15, 0.2) is 48.9 Å². The molecule has 140 valence electrons. The number of hydrogen-bond acceptors (Lipinski definition) is 6. The number of rotatable bonds is 5. The minimum atomic E-state index is 0.0346. The standard InChI is InChI=1S/C19H14Cl2N6O/c20-16-7-12(8-17(21)26-16)6-14(28)5-11-2-1-3-13(4-11)27-19-15(9-25-27)18(22)23-10-24-19/h1-4,7-10H,5-6H2,(H2,22,23,24). The lowest BCUT2D eigenvalue weighted by atomic mass is 10.0. The van der Waals surface area contributed by atoms with Gasteiger partial charge in [0.2, 0.25) is 0 Å². The number of hydrogen-bond donors (Lipinski definition) is 1. The highest BCUT2D eigenvalue weighted by molar-refractivity contribution is 6.32. The van der Waals surface area contributed by atoms with E-state index in [2.05, 4.69) is 20.1 Å². The number of carbonyl (C=O) groups excluding carboxylic acids is 1. The molecule has 1 aromatic carbocycles. The van der Waals surface area contributed by atoms with E-state index in [1.807, 2.05) is 24.3 Å². The quantitative estimate of drug-likeness (QED) is 0.503. The zero-order valence-corrected chi connectivity index (χ0v) is 16.0. The van der Waals surface area contributed by atoms with Gasteiger partial charge >= 0.3 is 0 Å². The fourth-order valence-corrected chi connectivity index (χ4v) is 3.49. The van der Waals surface area contributed by atoms with Gasteiger partial charge in [0.05, 0.1) is 17.3 Å². The van der Waals surface area contributed by atoms with Gasteiger partial charge in [0.25, 0.3) is 0 Å². The fraction of sp³-hybridized carbons (Fsp3) is 0.105. The molecule has 28 heavy (non-hydrogen) atoms. The summed E-state index contributed by atoms with van der Waals surface area (Å²) >= 11 is 11.8. The smallest absolute Gasteiger partial charge is 0.168 e. The van der Waals surface area contributed by atoms with E-state index < -0.39 is 0 Å². The Morgan fingerprint density at radius 2 is 1.79 bits per heavy atom. The molecule has 0 aliphatic carbocycles. The van der Waals surface area contributed by atoms with E-state index in [0.717, 1.165) is 16.8 Å². The van der Waals surface area contributed by atoms with E-state index in [-0.39, 0.29) is 28.9 Å². The zero-order valence-electron chi connectivity index (χ0n) is 14.5. The number of Topliss-reactive ketones (excluding diaryl/α,β-unsaturated/α-hetero) is 1. The highest BCUT2D eigenvalue weighted by Gasteiger charge is 2.12. The molecule has 2 N–H and O–H groups in total. The molecule has 0 unspecified atom stereocenters. The van der Waals surface area contributed by atoms with Crippen molar-refractivity contribution in [3.05, 3.63) is 70.4 Å². The second-order valence-electron chi connectivity index (χ2n) is 6.24. The molecule has 0 spiro atoms. The number of carbonyl (C=O) groups is 1. The minimum absolute atomic E-state index is 0.0346. The predicted octanol–water partition coefficient (Wildman–Crippen LogP) is 3.45. The maximum atomic E-state index is 12.5. The lowest BCUT2D eigenvalue weighted by molar-refractivity contribution is -0.117. The second kappa shape index (κ2) is 7.53. The van der Waals surface area contributed by atoms with Crippen LogP contribution < -0.4 is 5.73 Å². The van der Waals surface area contributed by atoms with Crippen LogP contribution in [0.2, 0.25) is 10.3 Å². The van der Waals surface area contributed by atoms with Crippen molar-refractivity contribution in [3.8, 4) is 5.69 Å². The molecule has 0 aliphatic rings. The summed E-state index contributed by atoms with van der Waals surface area (Å²) in [5.41, 5.74) is 8.85. The lowest BCUT2D eigenvalue weighted by Gasteiger charge is -2.07. The van der Waals surface area contributed by atoms with Crippen LogP contribution in [0.3, 0.4) is 0 Å². The molecule has 0 fully saturated rings. The first-order valence-corrected chi connectivity index (χ1v) is 9.12. The Kier molecular flexibility index (Phi) is 4.93. The Hall–Kier alpha value is -3.03. The number of nitrogen functional groups attached to an aromatic ring is 1. The summed E-state index contributed by atoms with van der Waals surface area (Å²) in [6.45, 7) is 0. The van der Waals surface area contributed by atoms with Crippen LogP contribution in [0.5, 0.6) is 0 Å². The Bertz CT molecular complexity index is 1170. The molecule has 0 amide bonds. The number of fused-ring (bicyclic) bond motifs is 1. The molecule has 3 aromatic heterocycles. The molecule has 7 nitrogen and oxygen atoms in total. The molecular formula is C19H14Cl2N6O. The number of nitrogens with two attached hydrogens (primary N) is 1. The molecule has 0 aliphatic heterocycles. The third-order valence-electron chi connectivity index (χ3n) is 4.18. The predicted molar refractivity (Wildman–Crippen MR) is 108 cm³/mol. The van der Waals surface area contributed by atoms with Crippen molar-refractivity contribution in [1.29, 1.82) is 0 Å². The van der Waals surface area contributed by atoms with E-state index in [9.17, 15) is 4.79 Å². The number of benzene rings is 1. The molecule has 3 heterocycles. The number of nitrogens with zero attached hydrogens (tertiary/aromatic N) is 5. The van der Waals surface area contributed by atoms with Gasteiger partial charge in [-0.3, -0.25) is 4.79 Å². The summed E-state index contributed by atoms with van der Waals surface area (Å²) in [7, 11) is 0. The number of anilines is 1. The Morgan fingerprint density at radius 1 is 1.04 bits per heavy atom. The van der Waals surface area contributed by atoms with Crippen molar-refractivity contribution >= 4 is 45.8 Å². The molecule has 0 radical (unpaired) electrons. The fourth-order valence-electron chi connectivity index (χ4n) is 2.98. The summed E-state index contributed by atoms with van der Waals surface area (Å²) in [5, 5.41) is 5.56. The normalized spacial score (nSPS) is 11.1. The SMILES string of the molecule is Nc1ncnc2c1cnn2-c1cccc(CC(=O)Cc2cc(Cl)nc(Cl)c2)c1. The molecule has 9 heteroatoms. The van der Waals surface area contributed by atoms with Gasteiger partial charge in [0, 0.05) is 12.8 Å². The van der Waals surface area contributed by atoms with Crippen molar-refractivity contribution in [1.82, 2.24) is 24.7 Å². The lowest BCUT2D eigenvalue weighted by Crippen LogP contribution is -2.08. The Balaban J connectivity index is 1.57. The van der Waals surface area contributed by atoms with Crippen LogP contribution in [0.1, 0.15) is 11.1 Å². The maximum Gasteiger partial charge on any atom is 0.168 e. The average molecular weight is 413 g/mol. The molecular weight excluding hydrogens is 399 g/mol. The highest BCUT2D eigenvalue weighted by Crippen LogP contribution is 2.21. The van der Waals surface area contributed by atoms with Gasteiger partial charge in [-0.05, 0) is 35.4 Å². The summed E-state index contributed by atoms with van der Waals surface area (Å²) in [6.07, 6.45) is 3.51. The van der Waals surface area contributed by atoms with Crippen molar-refractivity contribution in [2.45, 2.75) is 12.8 Å². The first-order valence-electron chi connectivity index (χ1n) is 8.37. The van der Waals surface area contributed by atoms with Gasteiger partial charge in [-0.2, -0.15) is 5.10 Å². The van der Waals surface area contributed by atoms with E-state index >= 15 is 0 Å². The van der Waals surface area contributed by atoms with Gasteiger partial charge in [0.15, 0.2) is 5.65 Å². The first-order chi connectivity index (χ1) is 13.5. The van der Waals surface area contributed by atoms with E-state index in [0.29, 0.717) is 16.9 Å². The van der Waals surface area contributed by atoms with Crippen molar-refractivity contribution in [3.63, 3.8) is 0 Å². The molecule has 0 atom stereocenters. The van der Waals surface area contributed by atoms with Gasteiger partial charge in [-0.1, -0.05) is 35.3 Å². The van der Waals surface area contributed by atoms with Gasteiger partial charge in [0.1, 0.15) is 28.2 Å². The molecule has 4 rings (SSSR count). The Labute approximate surface area is 170 Å². The van der Waals surface area contributed by atoms with Crippen LogP contribution in [-0.2, 0) is 17.6 Å². The second-order valence-corrected chi connectivity index (χ2v) is 7.01. The third-order valence-corrected chi connectivity index (χ3v) is 4.56. The van der Waals surface area contributed by atoms with E-state index in [1.54, 1.807) is 23.0 Å². The number of aromatic nitrogens is 5. The minimum Gasteiger partial charge on any atom is -0.383 e. The Morgan fingerprint density at radius 3 is 2.57 bits per heavy atom. The summed E-state index contributed by atoms with van der Waals surface area (Å²) < 4.78 is 1.67. The van der Waals surface area contributed by atoms with Crippen molar-refractivity contribution < 1.29 is 4.79 Å². The number of pyridine rings is 1. The topological polar surface area (TPSA) is 99.6 Å². The maximum absolute atomic E-state index is 12.5. The monoisotopic (exact) mass is 412 g/mol. The summed E-state index contributed by atoms with van der Waals surface area (Å²) in [5.74, 6) is 0.407. The van der Waals surface area contributed by atoms with E-state index in [4.69, 9.17) is 28.9 Å². The van der Waals surface area contributed by atoms with Crippen LogP contribution in [0.25, 0.3) is 16.7 Å². The number of ketones is 1. The average Bonchev–Trinajstić information content (AvgIpc) is 3.06.